The van der Waals surface area contributed by atoms with E-state index in [4.69, 9.17) is 0 Å². The lowest BCUT2D eigenvalue weighted by Gasteiger charge is -2.22. The molecule has 7 nitrogen and oxygen atoms in total. The topological polar surface area (TPSA) is 92.8 Å². The Morgan fingerprint density at radius 1 is 1.26 bits per heavy atom. The Kier molecular flexibility index (Phi) is 5.25. The van der Waals surface area contributed by atoms with Gasteiger partial charge in [0.2, 0.25) is 15.9 Å². The average Bonchev–Trinajstić information content (AvgIpc) is 3.29. The summed E-state index contributed by atoms with van der Waals surface area (Å²) in [6, 6.07) is 6.26. The molecule has 23 heavy (non-hydrogen) atoms. The van der Waals surface area contributed by atoms with Gasteiger partial charge in [0.1, 0.15) is 0 Å². The number of methoxy groups -OCH3 is 1. The zero-order valence-electron chi connectivity index (χ0n) is 13.1. The Morgan fingerprint density at radius 2 is 1.87 bits per heavy atom. The number of hydrogen-bond donors (Lipinski definition) is 1. The predicted molar refractivity (Wildman–Crippen MR) is 85.8 cm³/mol. The molecular formula is C15H20N2O5S. The smallest absolute Gasteiger partial charge is 0.337 e. The molecule has 0 saturated heterocycles. The lowest BCUT2D eigenvalue weighted by atomic mass is 10.2. The number of hydrogen-bond acceptors (Lipinski definition) is 5. The van der Waals surface area contributed by atoms with Crippen LogP contribution in [0.15, 0.2) is 24.3 Å². The van der Waals surface area contributed by atoms with E-state index in [-0.39, 0.29) is 24.9 Å². The molecule has 0 aliphatic heterocycles. The lowest BCUT2D eigenvalue weighted by molar-refractivity contribution is -0.121. The fourth-order valence-electron chi connectivity index (χ4n) is 2.10. The van der Waals surface area contributed by atoms with Gasteiger partial charge in [0.25, 0.3) is 0 Å². The van der Waals surface area contributed by atoms with Gasteiger partial charge in [-0.3, -0.25) is 9.10 Å². The molecule has 0 aromatic heterocycles. The van der Waals surface area contributed by atoms with Gasteiger partial charge in [0.15, 0.2) is 0 Å². The average molecular weight is 340 g/mol. The van der Waals surface area contributed by atoms with Gasteiger partial charge in [0, 0.05) is 19.0 Å². The van der Waals surface area contributed by atoms with Crippen molar-refractivity contribution in [1.82, 2.24) is 5.32 Å². The fraction of sp³-hybridized carbons (Fsp3) is 0.467. The number of amides is 1. The molecule has 0 unspecified atom stereocenters. The maximum absolute atomic E-state index is 12.0. The fourth-order valence-corrected chi connectivity index (χ4v) is 3.03. The zero-order valence-corrected chi connectivity index (χ0v) is 13.9. The Hall–Kier alpha value is -2.09. The second kappa shape index (κ2) is 6.99. The van der Waals surface area contributed by atoms with Crippen LogP contribution in [-0.2, 0) is 19.6 Å². The van der Waals surface area contributed by atoms with Gasteiger partial charge < -0.3 is 10.1 Å². The van der Waals surface area contributed by atoms with Gasteiger partial charge in [-0.05, 0) is 37.1 Å². The Morgan fingerprint density at radius 3 is 2.35 bits per heavy atom. The Labute approximate surface area is 135 Å². The molecule has 1 aliphatic rings. The Balaban J connectivity index is 2.08. The molecular weight excluding hydrogens is 320 g/mol. The highest BCUT2D eigenvalue weighted by Gasteiger charge is 2.24. The van der Waals surface area contributed by atoms with Crippen LogP contribution in [-0.4, -0.2) is 46.2 Å². The standard InChI is InChI=1S/C15H20N2O5S/c1-22-15(19)11-3-7-13(8-4-11)17(23(2,20)21)10-9-14(18)16-12-5-6-12/h3-4,7-8,12H,5-6,9-10H2,1-2H3,(H,16,18). The predicted octanol–water partition coefficient (Wildman–Crippen LogP) is 0.908. The molecule has 0 heterocycles. The van der Waals surface area contributed by atoms with Crippen LogP contribution >= 0.6 is 0 Å². The van der Waals surface area contributed by atoms with Gasteiger partial charge in [-0.1, -0.05) is 0 Å². The highest BCUT2D eigenvalue weighted by atomic mass is 32.2. The summed E-state index contributed by atoms with van der Waals surface area (Å²) in [4.78, 5) is 23.2. The summed E-state index contributed by atoms with van der Waals surface area (Å²) in [5, 5.41) is 2.82. The lowest BCUT2D eigenvalue weighted by Crippen LogP contribution is -2.35. The molecule has 1 aliphatic carbocycles. The molecule has 1 aromatic carbocycles. The molecule has 126 valence electrons. The molecule has 8 heteroatoms. The third-order valence-electron chi connectivity index (χ3n) is 3.46. The summed E-state index contributed by atoms with van der Waals surface area (Å²) >= 11 is 0. The van der Waals surface area contributed by atoms with Crippen LogP contribution in [0.3, 0.4) is 0 Å². The van der Waals surface area contributed by atoms with E-state index in [1.54, 1.807) is 0 Å². The number of esters is 1. The molecule has 1 amide bonds. The number of anilines is 1. The van der Waals surface area contributed by atoms with Crippen LogP contribution in [0.1, 0.15) is 29.6 Å². The van der Waals surface area contributed by atoms with E-state index in [0.29, 0.717) is 11.3 Å². The zero-order chi connectivity index (χ0) is 17.0. The number of rotatable bonds is 7. The third-order valence-corrected chi connectivity index (χ3v) is 4.66. The van der Waals surface area contributed by atoms with Crippen molar-refractivity contribution in [2.75, 3.05) is 24.2 Å². The first kappa shape index (κ1) is 17.3. The minimum atomic E-state index is -3.53. The molecule has 1 fully saturated rings. The molecule has 0 bridgehead atoms. The van der Waals surface area contributed by atoms with Crippen LogP contribution in [0.4, 0.5) is 5.69 Å². The quantitative estimate of drug-likeness (QED) is 0.745. The van der Waals surface area contributed by atoms with Crippen LogP contribution < -0.4 is 9.62 Å². The summed E-state index contributed by atoms with van der Waals surface area (Å²) in [6.45, 7) is 0.0506. The van der Waals surface area contributed by atoms with Crippen molar-refractivity contribution in [2.45, 2.75) is 25.3 Å². The maximum atomic E-state index is 12.0. The van der Waals surface area contributed by atoms with Crippen molar-refractivity contribution >= 4 is 27.6 Å². The van der Waals surface area contributed by atoms with Crippen molar-refractivity contribution in [3.8, 4) is 0 Å². The van der Waals surface area contributed by atoms with E-state index in [1.807, 2.05) is 0 Å². The number of carbonyl (C=O) groups excluding carboxylic acids is 2. The summed E-state index contributed by atoms with van der Waals surface area (Å²) < 4.78 is 29.7. The number of sulfonamides is 1. The van der Waals surface area contributed by atoms with Gasteiger partial charge in [0.05, 0.1) is 24.6 Å². The van der Waals surface area contributed by atoms with E-state index < -0.39 is 16.0 Å². The maximum Gasteiger partial charge on any atom is 0.337 e. The highest BCUT2D eigenvalue weighted by Crippen LogP contribution is 2.20. The van der Waals surface area contributed by atoms with Crippen molar-refractivity contribution in [1.29, 1.82) is 0 Å². The van der Waals surface area contributed by atoms with E-state index in [1.165, 1.54) is 31.4 Å². The van der Waals surface area contributed by atoms with Gasteiger partial charge >= 0.3 is 5.97 Å². The normalized spacial score (nSPS) is 14.2. The van der Waals surface area contributed by atoms with E-state index >= 15 is 0 Å². The second-order valence-corrected chi connectivity index (χ2v) is 7.37. The largest absolute Gasteiger partial charge is 0.465 e. The van der Waals surface area contributed by atoms with Gasteiger partial charge in [-0.25, -0.2) is 13.2 Å². The first-order valence-electron chi connectivity index (χ1n) is 7.26. The molecule has 1 aromatic rings. The SMILES string of the molecule is COC(=O)c1ccc(N(CCC(=O)NC2CC2)S(C)(=O)=O)cc1. The number of benzene rings is 1. The Bertz CT molecular complexity index is 680. The van der Waals surface area contributed by atoms with Crippen molar-refractivity contribution < 1.29 is 22.7 Å². The van der Waals surface area contributed by atoms with Crippen molar-refractivity contribution in [2.24, 2.45) is 0 Å². The van der Waals surface area contributed by atoms with Crippen LogP contribution in [0.5, 0.6) is 0 Å². The third kappa shape index (κ3) is 4.95. The molecule has 1 saturated carbocycles. The molecule has 0 atom stereocenters. The number of nitrogens with one attached hydrogen (secondary N) is 1. The molecule has 0 radical (unpaired) electrons. The van der Waals surface area contributed by atoms with Crippen molar-refractivity contribution in [3.05, 3.63) is 29.8 Å². The van der Waals surface area contributed by atoms with Crippen LogP contribution in [0.25, 0.3) is 0 Å². The first-order chi connectivity index (χ1) is 10.8. The minimum Gasteiger partial charge on any atom is -0.465 e. The molecule has 1 N–H and O–H groups in total. The van der Waals surface area contributed by atoms with E-state index in [2.05, 4.69) is 10.1 Å². The monoisotopic (exact) mass is 340 g/mol. The summed E-state index contributed by atoms with van der Waals surface area (Å²) in [7, 11) is -2.25. The highest BCUT2D eigenvalue weighted by molar-refractivity contribution is 7.92. The van der Waals surface area contributed by atoms with Gasteiger partial charge in [-0.15, -0.1) is 0 Å². The first-order valence-corrected chi connectivity index (χ1v) is 9.11. The summed E-state index contributed by atoms with van der Waals surface area (Å²) in [5.41, 5.74) is 0.732. The van der Waals surface area contributed by atoms with Crippen LogP contribution in [0, 0.1) is 0 Å². The van der Waals surface area contributed by atoms with Gasteiger partial charge in [-0.2, -0.15) is 0 Å². The summed E-state index contributed by atoms with van der Waals surface area (Å²) in [5.74, 6) is -0.654. The van der Waals surface area contributed by atoms with Crippen LogP contribution in [0.2, 0.25) is 0 Å². The van der Waals surface area contributed by atoms with E-state index in [9.17, 15) is 18.0 Å². The number of nitrogens with zero attached hydrogens (tertiary/aromatic N) is 1. The number of ether oxygens (including phenoxy) is 1. The molecule has 2 rings (SSSR count). The summed E-state index contributed by atoms with van der Waals surface area (Å²) in [6.07, 6.45) is 3.13. The van der Waals surface area contributed by atoms with E-state index in [0.717, 1.165) is 23.4 Å². The second-order valence-electron chi connectivity index (χ2n) is 5.47. The van der Waals surface area contributed by atoms with Crippen molar-refractivity contribution in [3.63, 3.8) is 0 Å². The minimum absolute atomic E-state index is 0.0506. The number of carbonyl (C=O) groups is 2. The molecule has 0 spiro atoms.